The third-order valence-electron chi connectivity index (χ3n) is 1.82. The van der Waals surface area contributed by atoms with Gasteiger partial charge in [-0.1, -0.05) is 23.1 Å². The summed E-state index contributed by atoms with van der Waals surface area (Å²) in [5, 5.41) is 16.6. The lowest BCUT2D eigenvalue weighted by molar-refractivity contribution is -0.117. The van der Waals surface area contributed by atoms with Crippen LogP contribution in [0.4, 0.5) is 9.93 Å². The maximum absolute atomic E-state index is 11.5. The second-order valence-corrected chi connectivity index (χ2v) is 6.84. The molecule has 112 valence electrons. The van der Waals surface area contributed by atoms with Crippen LogP contribution in [-0.2, 0) is 4.79 Å². The van der Waals surface area contributed by atoms with Gasteiger partial charge in [-0.3, -0.25) is 10.1 Å². The van der Waals surface area contributed by atoms with Gasteiger partial charge >= 0.3 is 6.03 Å². The molecule has 0 atom stereocenters. The Balaban J connectivity index is 2.33. The van der Waals surface area contributed by atoms with Gasteiger partial charge in [-0.15, -0.1) is 10.2 Å². The normalized spacial score (nSPS) is 10.7. The average Bonchev–Trinajstić information content (AvgIpc) is 2.71. The number of amides is 3. The summed E-state index contributed by atoms with van der Waals surface area (Å²) in [5.74, 6) is -0.233. The van der Waals surface area contributed by atoms with Gasteiger partial charge in [-0.2, -0.15) is 0 Å². The summed E-state index contributed by atoms with van der Waals surface area (Å²) in [6.07, 6.45) is 0. The molecule has 0 unspecified atom stereocenters. The van der Waals surface area contributed by atoms with Gasteiger partial charge in [0.1, 0.15) is 0 Å². The van der Waals surface area contributed by atoms with Gasteiger partial charge in [0.05, 0.1) is 5.75 Å². The van der Waals surface area contributed by atoms with Crippen molar-refractivity contribution >= 4 is 40.2 Å². The van der Waals surface area contributed by atoms with Crippen molar-refractivity contribution in [2.45, 2.75) is 44.1 Å². The highest BCUT2D eigenvalue weighted by Gasteiger charge is 2.11. The minimum atomic E-state index is -0.481. The molecule has 1 rings (SSSR count). The van der Waals surface area contributed by atoms with Crippen molar-refractivity contribution in [2.24, 2.45) is 0 Å². The lowest BCUT2D eigenvalue weighted by Gasteiger charge is -2.08. The van der Waals surface area contributed by atoms with E-state index in [4.69, 9.17) is 0 Å². The zero-order valence-electron chi connectivity index (χ0n) is 11.9. The molecule has 20 heavy (non-hydrogen) atoms. The first-order chi connectivity index (χ1) is 9.36. The van der Waals surface area contributed by atoms with E-state index in [1.807, 2.05) is 27.7 Å². The van der Waals surface area contributed by atoms with Crippen molar-refractivity contribution in [1.29, 1.82) is 0 Å². The highest BCUT2D eigenvalue weighted by Crippen LogP contribution is 2.25. The van der Waals surface area contributed by atoms with Crippen LogP contribution in [0, 0.1) is 0 Å². The molecule has 0 spiro atoms. The highest BCUT2D eigenvalue weighted by atomic mass is 32.2. The van der Waals surface area contributed by atoms with Crippen LogP contribution in [0.2, 0.25) is 0 Å². The maximum Gasteiger partial charge on any atom is 0.321 e. The molecule has 1 heterocycles. The Labute approximate surface area is 126 Å². The van der Waals surface area contributed by atoms with E-state index in [9.17, 15) is 9.59 Å². The van der Waals surface area contributed by atoms with Gasteiger partial charge in [-0.25, -0.2) is 4.79 Å². The van der Waals surface area contributed by atoms with Crippen molar-refractivity contribution in [3.63, 3.8) is 0 Å². The zero-order valence-corrected chi connectivity index (χ0v) is 13.5. The third kappa shape index (κ3) is 6.71. The number of carbonyl (C=O) groups excluding carboxylic acids is 2. The van der Waals surface area contributed by atoms with Gasteiger partial charge in [0, 0.05) is 12.1 Å². The molecular formula is C11H19N5O2S2. The first-order valence-corrected chi connectivity index (χ1v) is 8.00. The summed E-state index contributed by atoms with van der Waals surface area (Å²) >= 11 is 2.63. The molecule has 0 saturated heterocycles. The summed E-state index contributed by atoms with van der Waals surface area (Å²) < 4.78 is 0.688. The van der Waals surface area contributed by atoms with Crippen molar-refractivity contribution in [3.05, 3.63) is 0 Å². The topological polar surface area (TPSA) is 96.0 Å². The molecule has 0 radical (unpaired) electrons. The maximum atomic E-state index is 11.5. The number of nitrogens with one attached hydrogen (secondary N) is 3. The molecule has 0 aliphatic heterocycles. The van der Waals surface area contributed by atoms with Crippen molar-refractivity contribution < 1.29 is 9.59 Å². The number of thioether (sulfide) groups is 1. The van der Waals surface area contributed by atoms with Gasteiger partial charge in [0.2, 0.25) is 11.0 Å². The number of hydrogen-bond donors (Lipinski definition) is 3. The van der Waals surface area contributed by atoms with Gasteiger partial charge < -0.3 is 10.6 Å². The van der Waals surface area contributed by atoms with Crippen molar-refractivity contribution in [3.8, 4) is 0 Å². The Morgan fingerprint density at radius 1 is 1.20 bits per heavy atom. The molecule has 1 aromatic rings. The fraction of sp³-hybridized carbons (Fsp3) is 0.636. The van der Waals surface area contributed by atoms with E-state index in [2.05, 4.69) is 26.1 Å². The SMILES string of the molecule is CC(C)NC(=O)NC(=O)CSc1nnc(NC(C)C)s1. The fourth-order valence-electron chi connectivity index (χ4n) is 1.16. The standard InChI is InChI=1S/C11H19N5O2S2/c1-6(2)12-9(18)14-8(17)5-19-11-16-15-10(20-11)13-7(3)4/h6-7H,5H2,1-4H3,(H,13,15)(H2,12,14,17,18). The first-order valence-electron chi connectivity index (χ1n) is 6.20. The first kappa shape index (κ1) is 16.7. The molecule has 0 aliphatic rings. The number of aromatic nitrogens is 2. The lowest BCUT2D eigenvalue weighted by atomic mass is 10.4. The molecule has 9 heteroatoms. The number of nitrogens with zero attached hydrogens (tertiary/aromatic N) is 2. The number of rotatable bonds is 6. The molecule has 3 amide bonds. The summed E-state index contributed by atoms with van der Waals surface area (Å²) in [7, 11) is 0. The minimum Gasteiger partial charge on any atom is -0.358 e. The van der Waals surface area contributed by atoms with E-state index < -0.39 is 6.03 Å². The molecule has 3 N–H and O–H groups in total. The van der Waals surface area contributed by atoms with Crippen LogP contribution in [0.1, 0.15) is 27.7 Å². The second-order valence-electron chi connectivity index (χ2n) is 4.64. The molecule has 0 aromatic carbocycles. The number of imide groups is 1. The number of hydrogen-bond acceptors (Lipinski definition) is 7. The van der Waals surface area contributed by atoms with Crippen LogP contribution in [0.5, 0.6) is 0 Å². The summed E-state index contributed by atoms with van der Waals surface area (Å²) in [6.45, 7) is 7.66. The number of urea groups is 1. The molecule has 1 aromatic heterocycles. The Morgan fingerprint density at radius 2 is 1.90 bits per heavy atom. The quantitative estimate of drug-likeness (QED) is 0.691. The number of carbonyl (C=O) groups is 2. The van der Waals surface area contributed by atoms with E-state index >= 15 is 0 Å². The second kappa shape index (κ2) is 8.05. The summed E-state index contributed by atoms with van der Waals surface area (Å²) in [4.78, 5) is 22.9. The van der Waals surface area contributed by atoms with Crippen LogP contribution in [-0.4, -0.2) is 40.0 Å². The zero-order chi connectivity index (χ0) is 15.1. The van der Waals surface area contributed by atoms with E-state index in [0.29, 0.717) is 4.34 Å². The van der Waals surface area contributed by atoms with Gasteiger partial charge in [0.15, 0.2) is 4.34 Å². The number of anilines is 1. The van der Waals surface area contributed by atoms with E-state index in [-0.39, 0.29) is 23.7 Å². The Bertz CT molecular complexity index is 461. The molecule has 0 fully saturated rings. The smallest absolute Gasteiger partial charge is 0.321 e. The summed E-state index contributed by atoms with van der Waals surface area (Å²) in [5.41, 5.74) is 0. The van der Waals surface area contributed by atoms with Crippen LogP contribution >= 0.6 is 23.1 Å². The predicted molar refractivity (Wildman–Crippen MR) is 81.2 cm³/mol. The molecule has 0 aliphatic carbocycles. The van der Waals surface area contributed by atoms with Crippen LogP contribution in [0.3, 0.4) is 0 Å². The predicted octanol–water partition coefficient (Wildman–Crippen LogP) is 1.68. The Morgan fingerprint density at radius 3 is 2.50 bits per heavy atom. The Kier molecular flexibility index (Phi) is 6.73. The summed E-state index contributed by atoms with van der Waals surface area (Å²) in [6, 6.07) is -0.211. The lowest BCUT2D eigenvalue weighted by Crippen LogP contribution is -2.43. The minimum absolute atomic E-state index is 0.0109. The van der Waals surface area contributed by atoms with Crippen LogP contribution in [0.15, 0.2) is 4.34 Å². The van der Waals surface area contributed by atoms with Gasteiger partial charge in [0.25, 0.3) is 0 Å². The molecule has 7 nitrogen and oxygen atoms in total. The molecule has 0 saturated carbocycles. The van der Waals surface area contributed by atoms with Crippen LogP contribution in [0.25, 0.3) is 0 Å². The molecular weight excluding hydrogens is 298 g/mol. The third-order valence-corrected chi connectivity index (χ3v) is 3.81. The van der Waals surface area contributed by atoms with Crippen LogP contribution < -0.4 is 16.0 Å². The van der Waals surface area contributed by atoms with E-state index in [0.717, 1.165) is 5.13 Å². The van der Waals surface area contributed by atoms with Crippen molar-refractivity contribution in [2.75, 3.05) is 11.1 Å². The largest absolute Gasteiger partial charge is 0.358 e. The van der Waals surface area contributed by atoms with E-state index in [1.54, 1.807) is 0 Å². The fourth-order valence-corrected chi connectivity index (χ4v) is 2.86. The monoisotopic (exact) mass is 317 g/mol. The van der Waals surface area contributed by atoms with Crippen molar-refractivity contribution in [1.82, 2.24) is 20.8 Å². The average molecular weight is 317 g/mol. The Hall–Kier alpha value is -1.35. The molecule has 0 bridgehead atoms. The van der Waals surface area contributed by atoms with Gasteiger partial charge in [-0.05, 0) is 27.7 Å². The highest BCUT2D eigenvalue weighted by molar-refractivity contribution is 8.01. The van der Waals surface area contributed by atoms with E-state index in [1.165, 1.54) is 23.1 Å².